The van der Waals surface area contributed by atoms with E-state index in [4.69, 9.17) is 16.8 Å². The molecule has 0 aliphatic heterocycles. The predicted octanol–water partition coefficient (Wildman–Crippen LogP) is 3.04. The predicted molar refractivity (Wildman–Crippen MR) is 44.5 cm³/mol. The van der Waals surface area contributed by atoms with Gasteiger partial charge in [0.1, 0.15) is 0 Å². The van der Waals surface area contributed by atoms with Crippen LogP contribution in [0.5, 0.6) is 0 Å². The Kier molecular flexibility index (Phi) is 2.70. The smallest absolute Gasteiger partial charge is 0.156 e. The molecule has 1 rings (SSSR count). The summed E-state index contributed by atoms with van der Waals surface area (Å²) in [5.41, 5.74) is 2.19. The van der Waals surface area contributed by atoms with Gasteiger partial charge < -0.3 is 0 Å². The molecule has 0 aliphatic carbocycles. The molecule has 0 fully saturated rings. The molecule has 2 nitrogen and oxygen atoms in total. The van der Waals surface area contributed by atoms with Crippen LogP contribution in [0.15, 0.2) is 16.6 Å². The van der Waals surface area contributed by atoms with Crippen molar-refractivity contribution < 1.29 is 9.60 Å². The summed E-state index contributed by atoms with van der Waals surface area (Å²) in [4.78, 5) is 0. The van der Waals surface area contributed by atoms with E-state index in [2.05, 4.69) is 15.9 Å². The zero-order chi connectivity index (χ0) is 8.43. The van der Waals surface area contributed by atoms with Crippen molar-refractivity contribution in [2.24, 2.45) is 0 Å². The van der Waals surface area contributed by atoms with Crippen LogP contribution in [-0.2, 0) is 0 Å². The number of halogens is 3. The molecule has 2 N–H and O–H groups in total. The summed E-state index contributed by atoms with van der Waals surface area (Å²) in [6, 6.07) is 2.66. The minimum atomic E-state index is -0.536. The van der Waals surface area contributed by atoms with Crippen LogP contribution in [0.3, 0.4) is 0 Å². The van der Waals surface area contributed by atoms with Gasteiger partial charge in [0.2, 0.25) is 0 Å². The van der Waals surface area contributed by atoms with E-state index < -0.39 is 5.82 Å². The molecule has 5 heteroatoms. The zero-order valence-corrected chi connectivity index (χ0v) is 7.58. The lowest BCUT2D eigenvalue weighted by Crippen LogP contribution is -1.90. The van der Waals surface area contributed by atoms with Gasteiger partial charge in [0, 0.05) is 0 Å². The average Bonchev–Trinajstić information content (AvgIpc) is 1.99. The van der Waals surface area contributed by atoms with E-state index in [9.17, 15) is 4.39 Å². The number of nitrogens with one attached hydrogen (secondary N) is 1. The third kappa shape index (κ3) is 1.83. The largest absolute Gasteiger partial charge is 0.291 e. The fourth-order valence-electron chi connectivity index (χ4n) is 0.620. The maximum Gasteiger partial charge on any atom is 0.156 e. The molecule has 0 heterocycles. The van der Waals surface area contributed by atoms with Gasteiger partial charge >= 0.3 is 0 Å². The van der Waals surface area contributed by atoms with Crippen molar-refractivity contribution in [3.63, 3.8) is 0 Å². The molecular formula is C6H4BrClFNO. The Balaban J connectivity index is 3.21. The third-order valence-corrected chi connectivity index (χ3v) is 1.96. The van der Waals surface area contributed by atoms with E-state index in [1.54, 1.807) is 0 Å². The first kappa shape index (κ1) is 8.77. The maximum absolute atomic E-state index is 12.8. The lowest BCUT2D eigenvalue weighted by atomic mass is 10.3. The van der Waals surface area contributed by atoms with Crippen molar-refractivity contribution in [2.75, 3.05) is 5.48 Å². The Hall–Kier alpha value is -0.320. The second-order valence-electron chi connectivity index (χ2n) is 1.87. The third-order valence-electron chi connectivity index (χ3n) is 1.11. The average molecular weight is 240 g/mol. The summed E-state index contributed by atoms with van der Waals surface area (Å²) in [6.07, 6.45) is 0. The van der Waals surface area contributed by atoms with Crippen LogP contribution in [0.4, 0.5) is 10.1 Å². The molecule has 1 aromatic rings. The van der Waals surface area contributed by atoms with Gasteiger partial charge in [0.05, 0.1) is 15.2 Å². The van der Waals surface area contributed by atoms with Crippen LogP contribution in [0, 0.1) is 5.82 Å². The Morgan fingerprint density at radius 2 is 2.18 bits per heavy atom. The Labute approximate surface area is 76.1 Å². The molecule has 60 valence electrons. The second-order valence-corrected chi connectivity index (χ2v) is 3.13. The van der Waals surface area contributed by atoms with E-state index in [0.29, 0.717) is 5.69 Å². The van der Waals surface area contributed by atoms with Crippen molar-refractivity contribution in [3.8, 4) is 0 Å². The first-order valence-corrected chi connectivity index (χ1v) is 3.87. The maximum atomic E-state index is 12.8. The lowest BCUT2D eigenvalue weighted by molar-refractivity contribution is 0.388. The van der Waals surface area contributed by atoms with E-state index in [1.165, 1.54) is 12.1 Å². The summed E-state index contributed by atoms with van der Waals surface area (Å²) in [5.74, 6) is -0.536. The summed E-state index contributed by atoms with van der Waals surface area (Å²) in [5, 5.41) is 8.38. The molecule has 0 spiro atoms. The fourth-order valence-corrected chi connectivity index (χ4v) is 1.41. The number of benzene rings is 1. The van der Waals surface area contributed by atoms with E-state index in [-0.39, 0.29) is 9.50 Å². The molecule has 0 amide bonds. The van der Waals surface area contributed by atoms with Crippen molar-refractivity contribution in [3.05, 3.63) is 27.4 Å². The second kappa shape index (κ2) is 3.38. The van der Waals surface area contributed by atoms with Gasteiger partial charge in [0.15, 0.2) is 5.82 Å². The molecule has 0 atom stereocenters. The minimum absolute atomic E-state index is 0.0454. The molecule has 0 aliphatic rings. The monoisotopic (exact) mass is 239 g/mol. The Morgan fingerprint density at radius 3 is 2.64 bits per heavy atom. The SMILES string of the molecule is ONc1cc(Cl)c(F)c(Br)c1. The molecule has 0 saturated carbocycles. The van der Waals surface area contributed by atoms with Gasteiger partial charge in [-0.25, -0.2) is 4.39 Å². The summed E-state index contributed by atoms with van der Waals surface area (Å²) < 4.78 is 13.0. The molecule has 0 radical (unpaired) electrons. The number of hydrogen-bond donors (Lipinski definition) is 2. The highest BCUT2D eigenvalue weighted by atomic mass is 79.9. The summed E-state index contributed by atoms with van der Waals surface area (Å²) >= 11 is 8.37. The van der Waals surface area contributed by atoms with Gasteiger partial charge in [-0.2, -0.15) is 0 Å². The van der Waals surface area contributed by atoms with Gasteiger partial charge in [-0.3, -0.25) is 10.7 Å². The van der Waals surface area contributed by atoms with Crippen LogP contribution in [0.1, 0.15) is 0 Å². The van der Waals surface area contributed by atoms with E-state index in [0.717, 1.165) is 0 Å². The van der Waals surface area contributed by atoms with E-state index >= 15 is 0 Å². The standard InChI is InChI=1S/C6H4BrClFNO/c7-4-1-3(10-11)2-5(8)6(4)9/h1-2,10-11H. The highest BCUT2D eigenvalue weighted by Gasteiger charge is 2.05. The highest BCUT2D eigenvalue weighted by Crippen LogP contribution is 2.27. The fraction of sp³-hybridized carbons (Fsp3) is 0. The molecule has 0 bridgehead atoms. The van der Waals surface area contributed by atoms with Crippen LogP contribution in [0.25, 0.3) is 0 Å². The number of rotatable bonds is 1. The summed E-state index contributed by atoms with van der Waals surface area (Å²) in [6.45, 7) is 0. The molecule has 0 aromatic heterocycles. The van der Waals surface area contributed by atoms with Crippen molar-refractivity contribution in [2.45, 2.75) is 0 Å². The molecule has 1 aromatic carbocycles. The zero-order valence-electron chi connectivity index (χ0n) is 5.24. The molecular weight excluding hydrogens is 236 g/mol. The molecule has 0 saturated heterocycles. The summed E-state index contributed by atoms with van der Waals surface area (Å²) in [7, 11) is 0. The minimum Gasteiger partial charge on any atom is -0.291 e. The van der Waals surface area contributed by atoms with Gasteiger partial charge in [0.25, 0.3) is 0 Å². The van der Waals surface area contributed by atoms with Gasteiger partial charge in [-0.05, 0) is 28.1 Å². The first-order chi connectivity index (χ1) is 5.15. The lowest BCUT2D eigenvalue weighted by Gasteiger charge is -2.01. The van der Waals surface area contributed by atoms with Crippen LogP contribution in [-0.4, -0.2) is 5.21 Å². The Morgan fingerprint density at radius 1 is 1.55 bits per heavy atom. The molecule has 0 unspecified atom stereocenters. The van der Waals surface area contributed by atoms with E-state index in [1.807, 2.05) is 5.48 Å². The van der Waals surface area contributed by atoms with Crippen molar-refractivity contribution in [1.29, 1.82) is 0 Å². The van der Waals surface area contributed by atoms with Crippen LogP contribution in [0.2, 0.25) is 5.02 Å². The first-order valence-electron chi connectivity index (χ1n) is 2.70. The highest BCUT2D eigenvalue weighted by molar-refractivity contribution is 9.10. The Bertz CT molecular complexity index is 258. The number of hydrogen-bond acceptors (Lipinski definition) is 2. The van der Waals surface area contributed by atoms with Crippen molar-refractivity contribution in [1.82, 2.24) is 0 Å². The van der Waals surface area contributed by atoms with Crippen molar-refractivity contribution >= 4 is 33.2 Å². The topological polar surface area (TPSA) is 32.3 Å². The van der Waals surface area contributed by atoms with Gasteiger partial charge in [-0.15, -0.1) is 0 Å². The molecule has 11 heavy (non-hydrogen) atoms. The quantitative estimate of drug-likeness (QED) is 0.584. The number of anilines is 1. The van der Waals surface area contributed by atoms with Crippen LogP contribution >= 0.6 is 27.5 Å². The van der Waals surface area contributed by atoms with Crippen LogP contribution < -0.4 is 5.48 Å². The van der Waals surface area contributed by atoms with Gasteiger partial charge in [-0.1, -0.05) is 11.6 Å². The normalized spacial score (nSPS) is 9.82.